The predicted octanol–water partition coefficient (Wildman–Crippen LogP) is 2.00. The fraction of sp³-hybridized carbons (Fsp3) is 0.476. The first-order chi connectivity index (χ1) is 15.5. The van der Waals surface area contributed by atoms with Gasteiger partial charge in [-0.1, -0.05) is 30.0 Å². The fourth-order valence-corrected chi connectivity index (χ4v) is 6.75. The van der Waals surface area contributed by atoms with Gasteiger partial charge in [-0.05, 0) is 25.3 Å². The molecule has 2 fully saturated rings. The van der Waals surface area contributed by atoms with E-state index in [-0.39, 0.29) is 35.3 Å². The predicted molar refractivity (Wildman–Crippen MR) is 122 cm³/mol. The van der Waals surface area contributed by atoms with E-state index in [1.807, 2.05) is 35.0 Å². The van der Waals surface area contributed by atoms with Crippen LogP contribution in [-0.4, -0.2) is 70.1 Å². The molecule has 0 spiro atoms. The van der Waals surface area contributed by atoms with Crippen LogP contribution in [-0.2, 0) is 25.9 Å². The molecule has 0 unspecified atom stereocenters. The van der Waals surface area contributed by atoms with E-state index in [0.29, 0.717) is 18.1 Å². The second-order valence-electron chi connectivity index (χ2n) is 8.26. The number of aromatic nitrogens is 4. The van der Waals surface area contributed by atoms with Crippen LogP contribution in [0.15, 0.2) is 35.6 Å². The Labute approximate surface area is 190 Å². The molecule has 11 heteroatoms. The zero-order chi connectivity index (χ0) is 22.1. The van der Waals surface area contributed by atoms with E-state index in [2.05, 4.69) is 20.5 Å². The van der Waals surface area contributed by atoms with E-state index in [9.17, 15) is 13.2 Å². The minimum Gasteiger partial charge on any atom is -0.376 e. The Morgan fingerprint density at radius 1 is 1.28 bits per heavy atom. The van der Waals surface area contributed by atoms with E-state index in [0.717, 1.165) is 41.7 Å². The maximum atomic E-state index is 12.4. The van der Waals surface area contributed by atoms with Crippen molar-refractivity contribution >= 4 is 38.4 Å². The Morgan fingerprint density at radius 2 is 2.16 bits per heavy atom. The summed E-state index contributed by atoms with van der Waals surface area (Å²) < 4.78 is 31.1. The molecule has 0 radical (unpaired) electrons. The van der Waals surface area contributed by atoms with Crippen LogP contribution in [0.25, 0.3) is 22.3 Å². The molecular weight excluding hydrogens is 450 g/mol. The van der Waals surface area contributed by atoms with Gasteiger partial charge in [0.2, 0.25) is 5.91 Å². The Balaban J connectivity index is 1.35. The van der Waals surface area contributed by atoms with Crippen LogP contribution < -0.4 is 5.32 Å². The number of nitrogens with zero attached hydrogens (tertiary/aromatic N) is 3. The number of fused-ring (bicyclic) bond motifs is 1. The third kappa shape index (κ3) is 4.55. The molecule has 0 aliphatic carbocycles. The van der Waals surface area contributed by atoms with Crippen LogP contribution in [0.1, 0.15) is 19.3 Å². The van der Waals surface area contributed by atoms with Crippen molar-refractivity contribution in [3.63, 3.8) is 0 Å². The third-order valence-electron chi connectivity index (χ3n) is 5.89. The molecule has 32 heavy (non-hydrogen) atoms. The molecule has 1 aromatic carbocycles. The number of thioether (sulfide) groups is 1. The Kier molecular flexibility index (Phi) is 5.95. The molecule has 5 rings (SSSR count). The second kappa shape index (κ2) is 8.87. The highest BCUT2D eigenvalue weighted by molar-refractivity contribution is 7.99. The summed E-state index contributed by atoms with van der Waals surface area (Å²) in [4.78, 5) is 15.7. The normalized spacial score (nSPS) is 22.5. The maximum Gasteiger partial charge on any atom is 0.230 e. The van der Waals surface area contributed by atoms with Crippen LogP contribution >= 0.6 is 11.8 Å². The summed E-state index contributed by atoms with van der Waals surface area (Å²) in [7, 11) is -3.03. The highest BCUT2D eigenvalue weighted by Crippen LogP contribution is 2.31. The van der Waals surface area contributed by atoms with E-state index < -0.39 is 9.84 Å². The van der Waals surface area contributed by atoms with Crippen molar-refractivity contribution in [1.82, 2.24) is 25.1 Å². The standard InChI is InChI=1S/C21H25N5O4S2/c27-19(23-14-7-9-32(28,29)13-14)12-31-21-25-24-20(26(21)11-15-4-3-8-30-15)17-10-22-18-6-2-1-5-16(17)18/h1-2,5-6,10,14-15,22H,3-4,7-9,11-13H2,(H,23,27)/t14-,15-/m1/s1. The molecule has 2 aromatic heterocycles. The lowest BCUT2D eigenvalue weighted by molar-refractivity contribution is -0.119. The zero-order valence-corrected chi connectivity index (χ0v) is 19.1. The molecule has 2 aliphatic rings. The molecule has 0 bridgehead atoms. The average Bonchev–Trinajstić information content (AvgIpc) is 3.55. The van der Waals surface area contributed by atoms with Gasteiger partial charge in [0.05, 0.1) is 29.9 Å². The number of hydrogen-bond donors (Lipinski definition) is 2. The Morgan fingerprint density at radius 3 is 2.94 bits per heavy atom. The van der Waals surface area contributed by atoms with Gasteiger partial charge in [-0.25, -0.2) is 8.42 Å². The zero-order valence-electron chi connectivity index (χ0n) is 17.5. The van der Waals surface area contributed by atoms with E-state index in [4.69, 9.17) is 4.74 Å². The number of H-pyrrole nitrogens is 1. The summed E-state index contributed by atoms with van der Waals surface area (Å²) in [6, 6.07) is 7.73. The van der Waals surface area contributed by atoms with E-state index in [1.54, 1.807) is 0 Å². The average molecular weight is 476 g/mol. The number of hydrogen-bond acceptors (Lipinski definition) is 7. The molecular formula is C21H25N5O4S2. The van der Waals surface area contributed by atoms with Crippen LogP contribution in [0.4, 0.5) is 0 Å². The molecule has 170 valence electrons. The number of nitrogens with one attached hydrogen (secondary N) is 2. The molecule has 0 saturated carbocycles. The van der Waals surface area contributed by atoms with Gasteiger partial charge in [0.25, 0.3) is 0 Å². The summed E-state index contributed by atoms with van der Waals surface area (Å²) in [5.74, 6) is 0.840. The Bertz CT molecular complexity index is 1230. The summed E-state index contributed by atoms with van der Waals surface area (Å²) in [5.41, 5.74) is 1.98. The summed E-state index contributed by atoms with van der Waals surface area (Å²) in [6.45, 7) is 1.37. The van der Waals surface area contributed by atoms with Crippen LogP contribution in [0, 0.1) is 0 Å². The first-order valence-electron chi connectivity index (χ1n) is 10.7. The van der Waals surface area contributed by atoms with Gasteiger partial charge in [-0.15, -0.1) is 10.2 Å². The smallest absolute Gasteiger partial charge is 0.230 e. The first kappa shape index (κ1) is 21.5. The van der Waals surface area contributed by atoms with Crippen molar-refractivity contribution in [3.05, 3.63) is 30.5 Å². The van der Waals surface area contributed by atoms with Crippen molar-refractivity contribution in [2.24, 2.45) is 0 Å². The summed E-state index contributed by atoms with van der Waals surface area (Å²) >= 11 is 1.31. The molecule has 3 aromatic rings. The number of carbonyl (C=O) groups excluding carboxylic acids is 1. The van der Waals surface area contributed by atoms with Crippen molar-refractivity contribution in [1.29, 1.82) is 0 Å². The van der Waals surface area contributed by atoms with E-state index >= 15 is 0 Å². The fourth-order valence-electron chi connectivity index (χ4n) is 4.32. The minimum atomic E-state index is -3.03. The van der Waals surface area contributed by atoms with Gasteiger partial charge in [-0.2, -0.15) is 0 Å². The van der Waals surface area contributed by atoms with Crippen molar-refractivity contribution in [2.45, 2.75) is 43.1 Å². The van der Waals surface area contributed by atoms with Crippen LogP contribution in [0.2, 0.25) is 0 Å². The van der Waals surface area contributed by atoms with Crippen LogP contribution in [0.5, 0.6) is 0 Å². The Hall–Kier alpha value is -2.37. The summed E-state index contributed by atoms with van der Waals surface area (Å²) in [5, 5.41) is 13.4. The topological polar surface area (TPSA) is 119 Å². The quantitative estimate of drug-likeness (QED) is 0.502. The van der Waals surface area contributed by atoms with Gasteiger partial charge in [-0.3, -0.25) is 9.36 Å². The van der Waals surface area contributed by atoms with Gasteiger partial charge < -0.3 is 15.0 Å². The second-order valence-corrected chi connectivity index (χ2v) is 11.4. The van der Waals surface area contributed by atoms with Crippen molar-refractivity contribution < 1.29 is 17.9 Å². The molecule has 2 aliphatic heterocycles. The van der Waals surface area contributed by atoms with Crippen LogP contribution in [0.3, 0.4) is 0 Å². The molecule has 9 nitrogen and oxygen atoms in total. The monoisotopic (exact) mass is 475 g/mol. The number of ether oxygens (including phenoxy) is 1. The molecule has 2 atom stereocenters. The van der Waals surface area contributed by atoms with Gasteiger partial charge in [0.1, 0.15) is 0 Å². The highest BCUT2D eigenvalue weighted by atomic mass is 32.2. The molecule has 1 amide bonds. The van der Waals surface area contributed by atoms with Gasteiger partial charge in [0, 0.05) is 35.3 Å². The number of rotatable bonds is 7. The largest absolute Gasteiger partial charge is 0.376 e. The number of amides is 1. The van der Waals surface area contributed by atoms with Crippen molar-refractivity contribution in [2.75, 3.05) is 23.9 Å². The van der Waals surface area contributed by atoms with E-state index in [1.165, 1.54) is 11.8 Å². The number of sulfone groups is 1. The SMILES string of the molecule is O=C(CSc1nnc(-c2c[nH]c3ccccc23)n1C[C@H]1CCCO1)N[C@@H]1CCS(=O)(=O)C1. The lowest BCUT2D eigenvalue weighted by Crippen LogP contribution is -2.36. The van der Waals surface area contributed by atoms with Gasteiger partial charge in [0.15, 0.2) is 20.8 Å². The van der Waals surface area contributed by atoms with Gasteiger partial charge >= 0.3 is 0 Å². The highest BCUT2D eigenvalue weighted by Gasteiger charge is 2.29. The lowest BCUT2D eigenvalue weighted by atomic mass is 10.1. The number of benzene rings is 1. The lowest BCUT2D eigenvalue weighted by Gasteiger charge is -2.15. The minimum absolute atomic E-state index is 0.0172. The van der Waals surface area contributed by atoms with Crippen molar-refractivity contribution in [3.8, 4) is 11.4 Å². The third-order valence-corrected chi connectivity index (χ3v) is 8.62. The maximum absolute atomic E-state index is 12.4. The molecule has 4 heterocycles. The summed E-state index contributed by atoms with van der Waals surface area (Å²) in [6.07, 6.45) is 4.50. The first-order valence-corrected chi connectivity index (χ1v) is 13.5. The number of para-hydroxylation sites is 1. The number of aromatic amines is 1. The molecule has 2 saturated heterocycles. The number of carbonyl (C=O) groups is 1. The molecule has 2 N–H and O–H groups in total.